The molecule has 4 bridgehead atoms. The van der Waals surface area contributed by atoms with Gasteiger partial charge in [0.15, 0.2) is 0 Å². The first-order valence-corrected chi connectivity index (χ1v) is 9.95. The normalized spacial score (nSPS) is 39.7. The first-order chi connectivity index (χ1) is 12.1. The highest BCUT2D eigenvalue weighted by Gasteiger charge is 2.55. The van der Waals surface area contributed by atoms with Crippen molar-refractivity contribution >= 4 is 11.7 Å². The number of hydrogen-bond donors (Lipinski definition) is 0. The number of anilines is 1. The van der Waals surface area contributed by atoms with E-state index in [1.54, 1.807) is 12.4 Å². The fourth-order valence-corrected chi connectivity index (χ4v) is 6.63. The Bertz CT molecular complexity index is 626. The van der Waals surface area contributed by atoms with Gasteiger partial charge in [0.05, 0.1) is 11.6 Å². The van der Waals surface area contributed by atoms with Gasteiger partial charge in [0.2, 0.25) is 5.91 Å². The molecule has 5 fully saturated rings. The number of amides is 1. The molecule has 5 aliphatic rings. The molecule has 4 saturated carbocycles. The minimum Gasteiger partial charge on any atom is -0.349 e. The van der Waals surface area contributed by atoms with Gasteiger partial charge in [-0.1, -0.05) is 0 Å². The molecule has 1 atom stereocenters. The molecule has 0 aromatic carbocycles. The first kappa shape index (κ1) is 15.6. The predicted octanol–water partition coefficient (Wildman–Crippen LogP) is 2.73. The summed E-state index contributed by atoms with van der Waals surface area (Å²) in [7, 11) is 0. The second-order valence-corrected chi connectivity index (χ2v) is 9.06. The molecular formula is C20H28N4O. The van der Waals surface area contributed by atoms with Crippen LogP contribution in [0.15, 0.2) is 18.6 Å². The van der Waals surface area contributed by atoms with Crippen molar-refractivity contribution in [1.82, 2.24) is 14.9 Å². The molecular weight excluding hydrogens is 312 g/mol. The monoisotopic (exact) mass is 340 g/mol. The van der Waals surface area contributed by atoms with E-state index in [1.165, 1.54) is 19.3 Å². The van der Waals surface area contributed by atoms with E-state index >= 15 is 0 Å². The summed E-state index contributed by atoms with van der Waals surface area (Å²) < 4.78 is 0. The third-order valence-electron chi connectivity index (χ3n) is 7.25. The first-order valence-electron chi connectivity index (χ1n) is 9.95. The molecule has 1 saturated heterocycles. The van der Waals surface area contributed by atoms with Crippen LogP contribution >= 0.6 is 0 Å². The van der Waals surface area contributed by atoms with Gasteiger partial charge in [-0.3, -0.25) is 9.78 Å². The summed E-state index contributed by atoms with van der Waals surface area (Å²) in [4.78, 5) is 26.6. The number of nitrogens with zero attached hydrogens (tertiary/aromatic N) is 4. The Balaban J connectivity index is 1.31. The molecule has 0 unspecified atom stereocenters. The second-order valence-electron chi connectivity index (χ2n) is 9.06. The zero-order valence-corrected chi connectivity index (χ0v) is 15.1. The van der Waals surface area contributed by atoms with Crippen LogP contribution in [0.5, 0.6) is 0 Å². The molecule has 5 heteroatoms. The van der Waals surface area contributed by atoms with Gasteiger partial charge in [0.25, 0.3) is 0 Å². The van der Waals surface area contributed by atoms with Gasteiger partial charge in [-0.25, -0.2) is 4.98 Å². The zero-order valence-electron chi connectivity index (χ0n) is 15.1. The number of carbonyl (C=O) groups excluding carboxylic acids is 1. The number of carbonyl (C=O) groups is 1. The quantitative estimate of drug-likeness (QED) is 0.831. The van der Waals surface area contributed by atoms with Crippen LogP contribution in [0.3, 0.4) is 0 Å². The number of piperazine rings is 1. The molecule has 2 heterocycles. The molecule has 6 rings (SSSR count). The topological polar surface area (TPSA) is 49.3 Å². The molecule has 0 radical (unpaired) electrons. The highest BCUT2D eigenvalue weighted by Crippen LogP contribution is 2.60. The van der Waals surface area contributed by atoms with Crippen molar-refractivity contribution in [3.05, 3.63) is 18.6 Å². The van der Waals surface area contributed by atoms with E-state index in [-0.39, 0.29) is 5.41 Å². The van der Waals surface area contributed by atoms with Crippen molar-refractivity contribution < 1.29 is 4.79 Å². The van der Waals surface area contributed by atoms with E-state index in [4.69, 9.17) is 0 Å². The molecule has 1 aromatic rings. The predicted molar refractivity (Wildman–Crippen MR) is 96.0 cm³/mol. The molecule has 1 amide bonds. The van der Waals surface area contributed by atoms with E-state index in [0.29, 0.717) is 11.9 Å². The third-order valence-corrected chi connectivity index (χ3v) is 7.25. The van der Waals surface area contributed by atoms with Gasteiger partial charge in [-0.15, -0.1) is 0 Å². The Morgan fingerprint density at radius 1 is 1.08 bits per heavy atom. The maximum atomic E-state index is 13.5. The van der Waals surface area contributed by atoms with Gasteiger partial charge in [-0.05, 0) is 63.2 Å². The van der Waals surface area contributed by atoms with Gasteiger partial charge in [-0.2, -0.15) is 0 Å². The van der Waals surface area contributed by atoms with Crippen molar-refractivity contribution in [2.45, 2.75) is 51.5 Å². The molecule has 4 aliphatic carbocycles. The summed E-state index contributed by atoms with van der Waals surface area (Å²) in [6, 6.07) is 0.295. The largest absolute Gasteiger partial charge is 0.349 e. The molecule has 0 spiro atoms. The van der Waals surface area contributed by atoms with Crippen molar-refractivity contribution in [2.24, 2.45) is 23.2 Å². The van der Waals surface area contributed by atoms with E-state index in [0.717, 1.165) is 62.5 Å². The number of aromatic nitrogens is 2. The SMILES string of the molecule is C[C@@H]1CN(C(=O)C23CC4CC(CC(C4)C2)C3)CCN1c1cnccn1. The number of hydrogen-bond acceptors (Lipinski definition) is 4. The zero-order chi connectivity index (χ0) is 17.0. The van der Waals surface area contributed by atoms with Crippen molar-refractivity contribution in [1.29, 1.82) is 0 Å². The van der Waals surface area contributed by atoms with Crippen LogP contribution in [0.1, 0.15) is 45.4 Å². The summed E-state index contributed by atoms with van der Waals surface area (Å²) in [5.74, 6) is 3.88. The van der Waals surface area contributed by atoms with Crippen LogP contribution in [-0.4, -0.2) is 46.5 Å². The Morgan fingerprint density at radius 2 is 1.76 bits per heavy atom. The molecule has 5 nitrogen and oxygen atoms in total. The van der Waals surface area contributed by atoms with Gasteiger partial charge >= 0.3 is 0 Å². The summed E-state index contributed by atoms with van der Waals surface area (Å²) in [5, 5.41) is 0. The van der Waals surface area contributed by atoms with Crippen molar-refractivity contribution in [2.75, 3.05) is 24.5 Å². The van der Waals surface area contributed by atoms with E-state index < -0.39 is 0 Å². The Morgan fingerprint density at radius 3 is 2.32 bits per heavy atom. The van der Waals surface area contributed by atoms with Gasteiger partial charge < -0.3 is 9.80 Å². The van der Waals surface area contributed by atoms with Crippen LogP contribution in [0.2, 0.25) is 0 Å². The fraction of sp³-hybridized carbons (Fsp3) is 0.750. The number of rotatable bonds is 2. The van der Waals surface area contributed by atoms with Gasteiger partial charge in [0.1, 0.15) is 5.82 Å². The second kappa shape index (κ2) is 5.68. The highest BCUT2D eigenvalue weighted by molar-refractivity contribution is 5.83. The maximum Gasteiger partial charge on any atom is 0.228 e. The lowest BCUT2D eigenvalue weighted by Gasteiger charge is -2.57. The van der Waals surface area contributed by atoms with Crippen LogP contribution in [-0.2, 0) is 4.79 Å². The minimum atomic E-state index is -0.0107. The average Bonchev–Trinajstić information content (AvgIpc) is 2.60. The average molecular weight is 340 g/mol. The van der Waals surface area contributed by atoms with E-state index in [9.17, 15) is 4.79 Å². The van der Waals surface area contributed by atoms with Crippen LogP contribution in [0, 0.1) is 23.2 Å². The Kier molecular flexibility index (Phi) is 3.54. The summed E-state index contributed by atoms with van der Waals surface area (Å²) in [6.45, 7) is 4.70. The van der Waals surface area contributed by atoms with E-state index in [2.05, 4.69) is 26.7 Å². The summed E-state index contributed by atoms with van der Waals surface area (Å²) >= 11 is 0. The fourth-order valence-electron chi connectivity index (χ4n) is 6.63. The van der Waals surface area contributed by atoms with Crippen molar-refractivity contribution in [3.8, 4) is 0 Å². The lowest BCUT2D eigenvalue weighted by molar-refractivity contribution is -0.158. The smallest absolute Gasteiger partial charge is 0.228 e. The lowest BCUT2D eigenvalue weighted by atomic mass is 9.49. The summed E-state index contributed by atoms with van der Waals surface area (Å²) in [5.41, 5.74) is -0.0107. The summed E-state index contributed by atoms with van der Waals surface area (Å²) in [6.07, 6.45) is 12.9. The molecule has 0 N–H and O–H groups in total. The van der Waals surface area contributed by atoms with Gasteiger partial charge in [0, 0.05) is 38.1 Å². The molecule has 1 aliphatic heterocycles. The minimum absolute atomic E-state index is 0.0107. The highest BCUT2D eigenvalue weighted by atomic mass is 16.2. The molecule has 25 heavy (non-hydrogen) atoms. The van der Waals surface area contributed by atoms with E-state index in [1.807, 2.05) is 6.20 Å². The standard InChI is InChI=1S/C20H28N4O/c1-14-13-23(4-5-24(14)18-12-21-2-3-22-18)19(25)20-9-15-6-16(10-20)8-17(7-15)11-20/h2-3,12,14-17H,4-11,13H2,1H3/t14-,15?,16?,17?,20?/m1/s1. The molecule has 134 valence electrons. The lowest BCUT2D eigenvalue weighted by Crippen LogP contribution is -2.60. The van der Waals surface area contributed by atoms with Crippen LogP contribution in [0.4, 0.5) is 5.82 Å². The van der Waals surface area contributed by atoms with Crippen molar-refractivity contribution in [3.63, 3.8) is 0 Å². The Labute approximate surface area is 149 Å². The third kappa shape index (κ3) is 2.54. The van der Waals surface area contributed by atoms with Crippen LogP contribution in [0.25, 0.3) is 0 Å². The molecule has 1 aromatic heterocycles. The maximum absolute atomic E-state index is 13.5. The van der Waals surface area contributed by atoms with Crippen LogP contribution < -0.4 is 4.90 Å². The Hall–Kier alpha value is -1.65.